The third-order valence-electron chi connectivity index (χ3n) is 2.70. The van der Waals surface area contributed by atoms with E-state index >= 15 is 0 Å². The number of hydrogen-bond donors (Lipinski definition) is 2. The number of rotatable bonds is 2. The highest BCUT2D eigenvalue weighted by Crippen LogP contribution is 2.37. The van der Waals surface area contributed by atoms with Crippen LogP contribution in [0.15, 0.2) is 16.9 Å². The Hall–Kier alpha value is -1.85. The van der Waals surface area contributed by atoms with E-state index in [-0.39, 0.29) is 11.2 Å². The number of hydrogen-bond acceptors (Lipinski definition) is 4. The summed E-state index contributed by atoms with van der Waals surface area (Å²) in [5.74, 6) is 0.714. The highest BCUT2D eigenvalue weighted by Gasteiger charge is 2.37. The van der Waals surface area contributed by atoms with Crippen molar-refractivity contribution in [2.75, 3.05) is 5.32 Å². The highest BCUT2D eigenvalue weighted by atomic mass is 16.2. The van der Waals surface area contributed by atoms with Gasteiger partial charge in [0.15, 0.2) is 5.65 Å². The molecular weight excluding hydrogens is 194 g/mol. The van der Waals surface area contributed by atoms with Crippen LogP contribution in [0.3, 0.4) is 0 Å². The minimum Gasteiger partial charge on any atom is -0.363 e. The number of nitrogens with one attached hydrogen (secondary N) is 2. The third-order valence-corrected chi connectivity index (χ3v) is 2.70. The van der Waals surface area contributed by atoms with Gasteiger partial charge in [0.25, 0.3) is 0 Å². The number of aromatic nitrogens is 4. The van der Waals surface area contributed by atoms with E-state index in [1.807, 2.05) is 6.07 Å². The quantitative estimate of drug-likeness (QED) is 0.743. The molecule has 0 amide bonds. The van der Waals surface area contributed by atoms with Gasteiger partial charge in [-0.25, -0.2) is 9.89 Å². The van der Waals surface area contributed by atoms with Gasteiger partial charge in [0.05, 0.1) is 0 Å². The fourth-order valence-electron chi connectivity index (χ4n) is 1.49. The summed E-state index contributed by atoms with van der Waals surface area (Å²) in [5, 5.41) is 13.6. The fraction of sp³-hybridized carbons (Fsp3) is 0.444. The van der Waals surface area contributed by atoms with Crippen molar-refractivity contribution in [3.05, 3.63) is 22.6 Å². The molecule has 6 nitrogen and oxygen atoms in total. The minimum atomic E-state index is -0.311. The largest absolute Gasteiger partial charge is 0.364 e. The normalized spacial score (nSPS) is 17.9. The second-order valence-electron chi connectivity index (χ2n) is 4.20. The first-order chi connectivity index (χ1) is 7.16. The summed E-state index contributed by atoms with van der Waals surface area (Å²) in [5.41, 5.74) is 0.384. The van der Waals surface area contributed by atoms with Crippen LogP contribution >= 0.6 is 0 Å². The van der Waals surface area contributed by atoms with Crippen LogP contribution in [0.25, 0.3) is 5.65 Å². The zero-order valence-corrected chi connectivity index (χ0v) is 8.32. The highest BCUT2D eigenvalue weighted by molar-refractivity contribution is 5.45. The second kappa shape index (κ2) is 2.59. The van der Waals surface area contributed by atoms with E-state index in [9.17, 15) is 4.79 Å². The van der Waals surface area contributed by atoms with Gasteiger partial charge >= 0.3 is 5.69 Å². The Kier molecular flexibility index (Phi) is 1.46. The molecule has 0 unspecified atom stereocenters. The summed E-state index contributed by atoms with van der Waals surface area (Å²) in [6.45, 7) is 2.14. The lowest BCUT2D eigenvalue weighted by atomic mass is 10.3. The van der Waals surface area contributed by atoms with Crippen LogP contribution in [-0.2, 0) is 0 Å². The average molecular weight is 205 g/mol. The monoisotopic (exact) mass is 205 g/mol. The van der Waals surface area contributed by atoms with Gasteiger partial charge in [-0.05, 0) is 31.9 Å². The second-order valence-corrected chi connectivity index (χ2v) is 4.20. The Morgan fingerprint density at radius 3 is 3.07 bits per heavy atom. The first kappa shape index (κ1) is 8.46. The Labute approximate surface area is 85.3 Å². The number of H-pyrrole nitrogens is 1. The molecular formula is C9H11N5O. The van der Waals surface area contributed by atoms with E-state index in [0.29, 0.717) is 11.5 Å². The molecule has 0 aromatic carbocycles. The third kappa shape index (κ3) is 1.38. The lowest BCUT2D eigenvalue weighted by Crippen LogP contribution is -2.19. The first-order valence-corrected chi connectivity index (χ1v) is 4.89. The van der Waals surface area contributed by atoms with Crippen molar-refractivity contribution in [2.24, 2.45) is 0 Å². The Morgan fingerprint density at radius 2 is 2.33 bits per heavy atom. The van der Waals surface area contributed by atoms with E-state index in [0.717, 1.165) is 12.8 Å². The molecule has 1 saturated carbocycles. The van der Waals surface area contributed by atoms with Crippen LogP contribution in [-0.4, -0.2) is 25.4 Å². The van der Waals surface area contributed by atoms with E-state index in [2.05, 4.69) is 27.5 Å². The Morgan fingerprint density at radius 1 is 1.53 bits per heavy atom. The van der Waals surface area contributed by atoms with E-state index in [4.69, 9.17) is 0 Å². The standard InChI is InChI=1S/C9H11N5O/c1-9(4-5-9)10-6-2-3-7-11-12-8(15)14(7)13-6/h2-3H,4-5H2,1H3,(H,10,13)(H,12,15). The first-order valence-electron chi connectivity index (χ1n) is 4.89. The number of aromatic amines is 1. The molecule has 0 aliphatic heterocycles. The molecule has 1 aliphatic carbocycles. The molecule has 0 atom stereocenters. The summed E-state index contributed by atoms with van der Waals surface area (Å²) in [7, 11) is 0. The molecule has 0 radical (unpaired) electrons. The maximum absolute atomic E-state index is 11.3. The lowest BCUT2D eigenvalue weighted by Gasteiger charge is -2.11. The molecule has 1 fully saturated rings. The molecule has 0 saturated heterocycles. The van der Waals surface area contributed by atoms with Crippen LogP contribution < -0.4 is 11.0 Å². The van der Waals surface area contributed by atoms with Crippen molar-refractivity contribution in [3.8, 4) is 0 Å². The van der Waals surface area contributed by atoms with E-state index in [1.165, 1.54) is 4.52 Å². The van der Waals surface area contributed by atoms with Crippen LogP contribution in [0, 0.1) is 0 Å². The zero-order valence-electron chi connectivity index (χ0n) is 8.32. The van der Waals surface area contributed by atoms with Crippen molar-refractivity contribution in [1.29, 1.82) is 0 Å². The topological polar surface area (TPSA) is 75.1 Å². The summed E-state index contributed by atoms with van der Waals surface area (Å²) in [6.07, 6.45) is 2.29. The molecule has 2 aromatic rings. The van der Waals surface area contributed by atoms with Gasteiger partial charge in [0.2, 0.25) is 0 Å². The van der Waals surface area contributed by atoms with Crippen molar-refractivity contribution >= 4 is 11.5 Å². The SMILES string of the molecule is CC1(Nc2ccc3n[nH]c(=O)n3n2)CC1. The van der Waals surface area contributed by atoms with E-state index in [1.54, 1.807) is 6.07 Å². The Bertz CT molecular complexity index is 565. The van der Waals surface area contributed by atoms with Gasteiger partial charge in [-0.15, -0.1) is 5.10 Å². The zero-order chi connectivity index (χ0) is 10.5. The molecule has 2 heterocycles. The summed E-state index contributed by atoms with van der Waals surface area (Å²) >= 11 is 0. The molecule has 2 aromatic heterocycles. The van der Waals surface area contributed by atoms with Crippen LogP contribution in [0.4, 0.5) is 5.82 Å². The van der Waals surface area contributed by atoms with Crippen LogP contribution in [0.1, 0.15) is 19.8 Å². The van der Waals surface area contributed by atoms with Crippen molar-refractivity contribution in [2.45, 2.75) is 25.3 Å². The molecule has 0 bridgehead atoms. The predicted molar refractivity (Wildman–Crippen MR) is 54.9 cm³/mol. The van der Waals surface area contributed by atoms with E-state index < -0.39 is 0 Å². The minimum absolute atomic E-state index is 0.161. The maximum Gasteiger partial charge on any atom is 0.364 e. The van der Waals surface area contributed by atoms with Crippen molar-refractivity contribution in [3.63, 3.8) is 0 Å². The molecule has 6 heteroatoms. The van der Waals surface area contributed by atoms with Crippen LogP contribution in [0.5, 0.6) is 0 Å². The summed E-state index contributed by atoms with van der Waals surface area (Å²) in [6, 6.07) is 3.60. The molecule has 1 aliphatic rings. The smallest absolute Gasteiger partial charge is 0.363 e. The van der Waals surface area contributed by atoms with Crippen LogP contribution in [0.2, 0.25) is 0 Å². The molecule has 3 rings (SSSR count). The molecule has 0 spiro atoms. The van der Waals surface area contributed by atoms with Gasteiger partial charge in [-0.3, -0.25) is 0 Å². The van der Waals surface area contributed by atoms with Gasteiger partial charge in [0.1, 0.15) is 5.82 Å². The van der Waals surface area contributed by atoms with Gasteiger partial charge < -0.3 is 5.32 Å². The fourth-order valence-corrected chi connectivity index (χ4v) is 1.49. The summed E-state index contributed by atoms with van der Waals surface area (Å²) in [4.78, 5) is 11.3. The predicted octanol–water partition coefficient (Wildman–Crippen LogP) is 0.382. The maximum atomic E-state index is 11.3. The molecule has 15 heavy (non-hydrogen) atoms. The number of nitrogens with zero attached hydrogens (tertiary/aromatic N) is 3. The molecule has 78 valence electrons. The van der Waals surface area contributed by atoms with Crippen molar-refractivity contribution < 1.29 is 0 Å². The lowest BCUT2D eigenvalue weighted by molar-refractivity contribution is 0.796. The Balaban J connectivity index is 2.05. The van der Waals surface area contributed by atoms with Gasteiger partial charge in [-0.2, -0.15) is 9.61 Å². The summed E-state index contributed by atoms with van der Waals surface area (Å²) < 4.78 is 1.26. The number of anilines is 1. The average Bonchev–Trinajstić information content (AvgIpc) is 2.82. The van der Waals surface area contributed by atoms with Gasteiger partial charge in [0, 0.05) is 5.54 Å². The number of fused-ring (bicyclic) bond motifs is 1. The molecule has 2 N–H and O–H groups in total. The van der Waals surface area contributed by atoms with Gasteiger partial charge in [-0.1, -0.05) is 0 Å². The van der Waals surface area contributed by atoms with Crippen molar-refractivity contribution in [1.82, 2.24) is 19.8 Å².